The summed E-state index contributed by atoms with van der Waals surface area (Å²) in [7, 11) is 0. The molecule has 0 aliphatic heterocycles. The van der Waals surface area contributed by atoms with Gasteiger partial charge < -0.3 is 10.4 Å². The summed E-state index contributed by atoms with van der Waals surface area (Å²) in [6, 6.07) is 4.35. The van der Waals surface area contributed by atoms with Gasteiger partial charge in [0.25, 0.3) is 0 Å². The number of anilines is 2. The van der Waals surface area contributed by atoms with Crippen LogP contribution < -0.4 is 5.32 Å². The monoisotopic (exact) mass is 340 g/mol. The summed E-state index contributed by atoms with van der Waals surface area (Å²) >= 11 is 13.2. The van der Waals surface area contributed by atoms with Crippen molar-refractivity contribution in [2.45, 2.75) is 0 Å². The van der Waals surface area contributed by atoms with Gasteiger partial charge in [-0.3, -0.25) is 0 Å². The van der Waals surface area contributed by atoms with Crippen molar-refractivity contribution in [3.05, 3.63) is 40.0 Å². The largest absolute Gasteiger partial charge is 0.478 e. The number of nitrogens with one attached hydrogen (secondary N) is 1. The van der Waals surface area contributed by atoms with E-state index in [1.54, 1.807) is 6.07 Å². The van der Waals surface area contributed by atoms with Crippen LogP contribution in [0.25, 0.3) is 11.0 Å². The summed E-state index contributed by atoms with van der Waals surface area (Å²) in [4.78, 5) is 15.0. The van der Waals surface area contributed by atoms with Gasteiger partial charge in [0.2, 0.25) is 0 Å². The second kappa shape index (κ2) is 5.44. The lowest BCUT2D eigenvalue weighted by molar-refractivity contribution is 0.0697. The van der Waals surface area contributed by atoms with Gasteiger partial charge in [-0.2, -0.15) is 8.75 Å². The van der Waals surface area contributed by atoms with Crippen molar-refractivity contribution in [2.24, 2.45) is 0 Å². The predicted octanol–water partition coefficient (Wildman–Crippen LogP) is 3.83. The number of halogens is 2. The molecule has 0 aliphatic carbocycles. The van der Waals surface area contributed by atoms with Crippen LogP contribution in [0, 0.1) is 0 Å². The Morgan fingerprint density at radius 2 is 1.95 bits per heavy atom. The molecule has 2 heterocycles. The predicted molar refractivity (Wildman–Crippen MR) is 81.9 cm³/mol. The maximum absolute atomic E-state index is 11.0. The molecule has 0 bridgehead atoms. The molecule has 9 heteroatoms. The maximum atomic E-state index is 11.0. The number of carbonyl (C=O) groups is 1. The molecule has 2 aromatic heterocycles. The number of nitrogens with zero attached hydrogens (tertiary/aromatic N) is 3. The number of fused-ring (bicyclic) bond motifs is 1. The van der Waals surface area contributed by atoms with E-state index in [4.69, 9.17) is 28.3 Å². The third-order valence-electron chi connectivity index (χ3n) is 2.70. The fraction of sp³-hybridized carbons (Fsp3) is 0. The smallest absolute Gasteiger partial charge is 0.335 e. The fourth-order valence-electron chi connectivity index (χ4n) is 1.75. The van der Waals surface area contributed by atoms with E-state index in [2.05, 4.69) is 19.0 Å². The van der Waals surface area contributed by atoms with Crippen molar-refractivity contribution in [1.29, 1.82) is 0 Å². The minimum atomic E-state index is -1.04. The Morgan fingerprint density at radius 1 is 1.19 bits per heavy atom. The van der Waals surface area contributed by atoms with Gasteiger partial charge in [-0.1, -0.05) is 23.2 Å². The lowest BCUT2D eigenvalue weighted by atomic mass is 10.2. The Morgan fingerprint density at radius 3 is 2.71 bits per heavy atom. The molecule has 0 unspecified atom stereocenters. The molecule has 0 saturated carbocycles. The van der Waals surface area contributed by atoms with Crippen LogP contribution in [0.4, 0.5) is 11.5 Å². The maximum Gasteiger partial charge on any atom is 0.335 e. The Kier molecular flexibility index (Phi) is 3.62. The van der Waals surface area contributed by atoms with Crippen molar-refractivity contribution >= 4 is 63.4 Å². The topological polar surface area (TPSA) is 88.0 Å². The lowest BCUT2D eigenvalue weighted by Crippen LogP contribution is -2.00. The molecule has 0 aliphatic rings. The molecule has 3 rings (SSSR count). The Labute approximate surface area is 132 Å². The normalized spacial score (nSPS) is 10.8. The SMILES string of the molecule is O=C(O)c1ccnc(Nc2c(Cl)cc(Cl)c3nsnc23)c1. The minimum absolute atomic E-state index is 0.116. The lowest BCUT2D eigenvalue weighted by Gasteiger charge is -2.09. The third kappa shape index (κ3) is 2.63. The molecule has 0 fully saturated rings. The second-order valence-electron chi connectivity index (χ2n) is 4.04. The van der Waals surface area contributed by atoms with Gasteiger partial charge in [0.1, 0.15) is 16.9 Å². The molecule has 21 heavy (non-hydrogen) atoms. The summed E-state index contributed by atoms with van der Waals surface area (Å²) in [5.74, 6) is -0.698. The second-order valence-corrected chi connectivity index (χ2v) is 5.38. The Hall–Kier alpha value is -1.96. The van der Waals surface area contributed by atoms with Crippen LogP contribution in [0.15, 0.2) is 24.4 Å². The Balaban J connectivity index is 2.08. The zero-order valence-electron chi connectivity index (χ0n) is 10.2. The molecule has 0 spiro atoms. The molecule has 6 nitrogen and oxygen atoms in total. The van der Waals surface area contributed by atoms with E-state index in [1.165, 1.54) is 18.3 Å². The van der Waals surface area contributed by atoms with Gasteiger partial charge >= 0.3 is 5.97 Å². The molecule has 106 valence electrons. The van der Waals surface area contributed by atoms with Crippen LogP contribution >= 0.6 is 34.9 Å². The summed E-state index contributed by atoms with van der Waals surface area (Å²) < 4.78 is 8.24. The molecular formula is C12H6Cl2N4O2S. The highest BCUT2D eigenvalue weighted by atomic mass is 35.5. The number of hydrogen-bond acceptors (Lipinski definition) is 6. The van der Waals surface area contributed by atoms with Crippen LogP contribution in [-0.4, -0.2) is 24.8 Å². The quantitative estimate of drug-likeness (QED) is 0.753. The molecule has 0 atom stereocenters. The van der Waals surface area contributed by atoms with Crippen LogP contribution in [-0.2, 0) is 0 Å². The molecule has 0 saturated heterocycles. The summed E-state index contributed by atoms with van der Waals surface area (Å²) in [5, 5.41) is 12.7. The number of carboxylic acid groups (broad SMARTS) is 1. The minimum Gasteiger partial charge on any atom is -0.478 e. The van der Waals surface area contributed by atoms with Crippen LogP contribution in [0.2, 0.25) is 10.0 Å². The van der Waals surface area contributed by atoms with Crippen LogP contribution in [0.1, 0.15) is 10.4 Å². The summed E-state index contributed by atoms with van der Waals surface area (Å²) in [5.41, 5.74) is 1.65. The van der Waals surface area contributed by atoms with Gasteiger partial charge in [0, 0.05) is 6.20 Å². The molecule has 2 N–H and O–H groups in total. The zero-order valence-corrected chi connectivity index (χ0v) is 12.5. The van der Waals surface area contributed by atoms with E-state index in [0.29, 0.717) is 32.6 Å². The van der Waals surface area contributed by atoms with E-state index in [-0.39, 0.29) is 5.56 Å². The third-order valence-corrected chi connectivity index (χ3v) is 3.82. The van der Waals surface area contributed by atoms with Gasteiger partial charge in [-0.25, -0.2) is 9.78 Å². The van der Waals surface area contributed by atoms with Crippen molar-refractivity contribution in [2.75, 3.05) is 5.32 Å². The van der Waals surface area contributed by atoms with E-state index in [1.807, 2.05) is 0 Å². The molecule has 0 radical (unpaired) electrons. The number of benzene rings is 1. The fourth-order valence-corrected chi connectivity index (χ4v) is 2.91. The van der Waals surface area contributed by atoms with Gasteiger partial charge in [0.05, 0.1) is 33.0 Å². The number of hydrogen-bond donors (Lipinski definition) is 2. The van der Waals surface area contributed by atoms with Gasteiger partial charge in [0.15, 0.2) is 0 Å². The Bertz CT molecular complexity index is 852. The van der Waals surface area contributed by atoms with Crippen LogP contribution in [0.5, 0.6) is 0 Å². The first-order valence-electron chi connectivity index (χ1n) is 5.63. The first kappa shape index (κ1) is 14.0. The number of aromatic carboxylic acids is 1. The first-order valence-corrected chi connectivity index (χ1v) is 7.11. The number of carboxylic acids is 1. The van der Waals surface area contributed by atoms with E-state index in [9.17, 15) is 4.79 Å². The molecule has 3 aromatic rings. The molecule has 0 amide bonds. The summed E-state index contributed by atoms with van der Waals surface area (Å²) in [6.45, 7) is 0. The van der Waals surface area contributed by atoms with Crippen LogP contribution in [0.3, 0.4) is 0 Å². The van der Waals surface area contributed by atoms with Crippen molar-refractivity contribution < 1.29 is 9.90 Å². The van der Waals surface area contributed by atoms with Crippen molar-refractivity contribution in [3.63, 3.8) is 0 Å². The number of pyridine rings is 1. The molecule has 1 aromatic carbocycles. The highest BCUT2D eigenvalue weighted by Gasteiger charge is 2.15. The average molecular weight is 341 g/mol. The highest BCUT2D eigenvalue weighted by molar-refractivity contribution is 7.00. The van der Waals surface area contributed by atoms with E-state index in [0.717, 1.165) is 11.7 Å². The molecular weight excluding hydrogens is 335 g/mol. The van der Waals surface area contributed by atoms with E-state index < -0.39 is 5.97 Å². The number of aromatic nitrogens is 3. The zero-order chi connectivity index (χ0) is 15.0. The first-order chi connectivity index (χ1) is 10.1. The van der Waals surface area contributed by atoms with Gasteiger partial charge in [-0.05, 0) is 18.2 Å². The van der Waals surface area contributed by atoms with E-state index >= 15 is 0 Å². The van der Waals surface area contributed by atoms with Crippen molar-refractivity contribution in [3.8, 4) is 0 Å². The highest BCUT2D eigenvalue weighted by Crippen LogP contribution is 2.36. The van der Waals surface area contributed by atoms with Gasteiger partial charge in [-0.15, -0.1) is 0 Å². The average Bonchev–Trinajstić information content (AvgIpc) is 2.93. The summed E-state index contributed by atoms with van der Waals surface area (Å²) in [6.07, 6.45) is 1.39. The van der Waals surface area contributed by atoms with Crippen molar-refractivity contribution in [1.82, 2.24) is 13.7 Å². The standard InChI is InChI=1S/C12H6Cl2N4O2S/c13-6-4-7(14)10-11(18-21-17-10)9(6)16-8-3-5(12(19)20)1-2-15-8/h1-4H,(H,15,16)(H,19,20). The number of rotatable bonds is 3.